The summed E-state index contributed by atoms with van der Waals surface area (Å²) in [6.07, 6.45) is -2.99. The second-order valence-corrected chi connectivity index (χ2v) is 8.68. The number of aliphatic hydroxyl groups excluding tert-OH is 1. The Morgan fingerprint density at radius 3 is 2.57 bits per heavy atom. The summed E-state index contributed by atoms with van der Waals surface area (Å²) >= 11 is 0. The zero-order valence-corrected chi connectivity index (χ0v) is 19.5. The Morgan fingerprint density at radius 2 is 1.84 bits per heavy atom. The zero-order valence-electron chi connectivity index (χ0n) is 19.5. The van der Waals surface area contributed by atoms with Crippen LogP contribution in [0, 0.1) is 5.92 Å². The molecule has 1 atom stereocenters. The first-order valence-corrected chi connectivity index (χ1v) is 11.4. The van der Waals surface area contributed by atoms with Crippen molar-refractivity contribution in [3.63, 3.8) is 0 Å². The lowest BCUT2D eigenvalue weighted by Gasteiger charge is -2.25. The van der Waals surface area contributed by atoms with E-state index in [0.717, 1.165) is 23.3 Å². The van der Waals surface area contributed by atoms with Crippen LogP contribution in [0.15, 0.2) is 54.7 Å². The van der Waals surface area contributed by atoms with Crippen molar-refractivity contribution in [3.8, 4) is 11.5 Å². The highest BCUT2D eigenvalue weighted by Gasteiger charge is 2.32. The summed E-state index contributed by atoms with van der Waals surface area (Å²) < 4.78 is 46.0. The maximum atomic E-state index is 13.4. The number of aromatic nitrogens is 1. The van der Waals surface area contributed by atoms with Crippen LogP contribution in [0.2, 0.25) is 0 Å². The van der Waals surface area contributed by atoms with Gasteiger partial charge >= 0.3 is 12.3 Å². The van der Waals surface area contributed by atoms with Gasteiger partial charge in [0.1, 0.15) is 11.5 Å². The van der Waals surface area contributed by atoms with Crippen molar-refractivity contribution < 1.29 is 37.7 Å². The molecule has 8 nitrogen and oxygen atoms in total. The SMILES string of the molecule is O=C(O)NCc1cc(NC(=O)C2CCc3ccc(Oc4ccnc(CO)c4)cc3C2)cc(C(F)(F)F)c1. The van der Waals surface area contributed by atoms with Gasteiger partial charge in [0.25, 0.3) is 0 Å². The van der Waals surface area contributed by atoms with Crippen molar-refractivity contribution in [1.29, 1.82) is 0 Å². The quantitative estimate of drug-likeness (QED) is 0.355. The molecule has 4 N–H and O–H groups in total. The number of alkyl halides is 3. The topological polar surface area (TPSA) is 121 Å². The van der Waals surface area contributed by atoms with E-state index in [1.807, 2.05) is 23.5 Å². The number of ether oxygens (including phenoxy) is 1. The number of nitrogens with zero attached hydrogens (tertiary/aromatic N) is 1. The molecule has 194 valence electrons. The fraction of sp³-hybridized carbons (Fsp3) is 0.269. The van der Waals surface area contributed by atoms with Gasteiger partial charge in [-0.1, -0.05) is 6.07 Å². The minimum atomic E-state index is -4.66. The molecule has 1 unspecified atom stereocenters. The molecule has 0 aliphatic heterocycles. The van der Waals surface area contributed by atoms with Gasteiger partial charge in [-0.25, -0.2) is 4.79 Å². The van der Waals surface area contributed by atoms with E-state index >= 15 is 0 Å². The zero-order chi connectivity index (χ0) is 26.6. The largest absolute Gasteiger partial charge is 0.465 e. The fourth-order valence-corrected chi connectivity index (χ4v) is 4.21. The Balaban J connectivity index is 1.48. The number of pyridine rings is 1. The normalized spacial score (nSPS) is 15.0. The second-order valence-electron chi connectivity index (χ2n) is 8.68. The first kappa shape index (κ1) is 26.0. The van der Waals surface area contributed by atoms with Crippen molar-refractivity contribution >= 4 is 17.7 Å². The molecule has 0 saturated carbocycles. The molecule has 2 aromatic carbocycles. The van der Waals surface area contributed by atoms with Gasteiger partial charge in [-0.05, 0) is 72.4 Å². The van der Waals surface area contributed by atoms with Crippen LogP contribution < -0.4 is 15.4 Å². The maximum Gasteiger partial charge on any atom is 0.416 e. The standard InChI is InChI=1S/C26H24F3N3O5/c27-26(28,29)19-7-15(13-31-25(35)36)8-20(11-19)32-24(34)17-2-1-16-3-4-22(10-18(16)9-17)37-23-5-6-30-21(12-23)14-33/h3-8,10-12,17,31,33H,1-2,9,13-14H2,(H,32,34)(H,35,36). The lowest BCUT2D eigenvalue weighted by Crippen LogP contribution is -2.28. The van der Waals surface area contributed by atoms with Gasteiger partial charge < -0.3 is 25.6 Å². The molecule has 2 amide bonds. The first-order valence-electron chi connectivity index (χ1n) is 11.4. The van der Waals surface area contributed by atoms with Crippen molar-refractivity contribution in [2.75, 3.05) is 5.32 Å². The number of carbonyl (C=O) groups is 2. The van der Waals surface area contributed by atoms with Gasteiger partial charge in [-0.3, -0.25) is 9.78 Å². The van der Waals surface area contributed by atoms with Crippen LogP contribution in [0.5, 0.6) is 11.5 Å². The molecular weight excluding hydrogens is 491 g/mol. The first-order chi connectivity index (χ1) is 17.6. The summed E-state index contributed by atoms with van der Waals surface area (Å²) in [6, 6.07) is 11.8. The van der Waals surface area contributed by atoms with Crippen LogP contribution in [0.4, 0.5) is 23.7 Å². The number of aliphatic hydroxyl groups is 1. The molecular formula is C26H24F3N3O5. The van der Waals surface area contributed by atoms with E-state index in [2.05, 4.69) is 10.3 Å². The lowest BCUT2D eigenvalue weighted by atomic mass is 9.83. The number of aryl methyl sites for hydroxylation is 1. The predicted molar refractivity (Wildman–Crippen MR) is 127 cm³/mol. The van der Waals surface area contributed by atoms with Crippen LogP contribution in [0.25, 0.3) is 0 Å². The summed E-state index contributed by atoms with van der Waals surface area (Å²) in [6.45, 7) is -0.555. The van der Waals surface area contributed by atoms with Gasteiger partial charge in [-0.15, -0.1) is 0 Å². The average Bonchev–Trinajstić information content (AvgIpc) is 2.86. The highest BCUT2D eigenvalue weighted by molar-refractivity contribution is 5.93. The molecule has 1 aliphatic rings. The van der Waals surface area contributed by atoms with Gasteiger partial charge in [0.15, 0.2) is 0 Å². The molecule has 4 rings (SSSR count). The third-order valence-corrected chi connectivity index (χ3v) is 5.99. The Labute approximate surface area is 210 Å². The number of fused-ring (bicyclic) bond motifs is 1. The molecule has 1 heterocycles. The number of hydrogen-bond donors (Lipinski definition) is 4. The number of anilines is 1. The average molecular weight is 515 g/mol. The summed E-state index contributed by atoms with van der Waals surface area (Å²) in [5, 5.41) is 22.6. The number of rotatable bonds is 7. The molecule has 11 heteroatoms. The summed E-state index contributed by atoms with van der Waals surface area (Å²) in [5.41, 5.74) is 1.46. The monoisotopic (exact) mass is 515 g/mol. The van der Waals surface area contributed by atoms with Gasteiger partial charge in [0.05, 0.1) is 17.9 Å². The molecule has 1 aromatic heterocycles. The van der Waals surface area contributed by atoms with Crippen LogP contribution in [0.3, 0.4) is 0 Å². The molecule has 3 aromatic rings. The van der Waals surface area contributed by atoms with Crippen LogP contribution in [-0.4, -0.2) is 27.2 Å². The molecule has 1 aliphatic carbocycles. The van der Waals surface area contributed by atoms with Crippen molar-refractivity contribution in [2.24, 2.45) is 5.92 Å². The summed E-state index contributed by atoms with van der Waals surface area (Å²) in [5.74, 6) is 0.153. The molecule has 0 saturated heterocycles. The number of carbonyl (C=O) groups excluding carboxylic acids is 1. The molecule has 0 radical (unpaired) electrons. The Kier molecular flexibility index (Phi) is 7.63. The van der Waals surface area contributed by atoms with Crippen LogP contribution >= 0.6 is 0 Å². The molecule has 37 heavy (non-hydrogen) atoms. The lowest BCUT2D eigenvalue weighted by molar-refractivity contribution is -0.137. The second kappa shape index (κ2) is 10.9. The van der Waals surface area contributed by atoms with E-state index in [0.29, 0.717) is 36.5 Å². The smallest absolute Gasteiger partial charge is 0.416 e. The number of benzene rings is 2. The van der Waals surface area contributed by atoms with Crippen molar-refractivity contribution in [3.05, 3.63) is 82.7 Å². The van der Waals surface area contributed by atoms with E-state index < -0.39 is 29.7 Å². The number of halogens is 3. The molecule has 0 spiro atoms. The van der Waals surface area contributed by atoms with Gasteiger partial charge in [-0.2, -0.15) is 13.2 Å². The number of hydrogen-bond acceptors (Lipinski definition) is 5. The van der Waals surface area contributed by atoms with Crippen molar-refractivity contribution in [2.45, 2.75) is 38.6 Å². The third kappa shape index (κ3) is 6.76. The van der Waals surface area contributed by atoms with E-state index in [1.54, 1.807) is 12.1 Å². The Morgan fingerprint density at radius 1 is 1.05 bits per heavy atom. The van der Waals surface area contributed by atoms with E-state index in [-0.39, 0.29) is 24.4 Å². The Bertz CT molecular complexity index is 1310. The maximum absolute atomic E-state index is 13.4. The molecule has 0 fully saturated rings. The van der Waals surface area contributed by atoms with E-state index in [4.69, 9.17) is 9.84 Å². The summed E-state index contributed by atoms with van der Waals surface area (Å²) in [7, 11) is 0. The summed E-state index contributed by atoms with van der Waals surface area (Å²) in [4.78, 5) is 27.8. The fourth-order valence-electron chi connectivity index (χ4n) is 4.21. The number of amides is 2. The number of nitrogens with one attached hydrogen (secondary N) is 2. The molecule has 0 bridgehead atoms. The third-order valence-electron chi connectivity index (χ3n) is 5.99. The van der Waals surface area contributed by atoms with Gasteiger partial charge in [0, 0.05) is 30.4 Å². The van der Waals surface area contributed by atoms with E-state index in [9.17, 15) is 27.9 Å². The van der Waals surface area contributed by atoms with Gasteiger partial charge in [0.2, 0.25) is 5.91 Å². The van der Waals surface area contributed by atoms with Crippen molar-refractivity contribution in [1.82, 2.24) is 10.3 Å². The predicted octanol–water partition coefficient (Wildman–Crippen LogP) is 4.90. The van der Waals surface area contributed by atoms with Crippen LogP contribution in [0.1, 0.15) is 34.4 Å². The minimum Gasteiger partial charge on any atom is -0.465 e. The highest BCUT2D eigenvalue weighted by Crippen LogP contribution is 2.34. The highest BCUT2D eigenvalue weighted by atomic mass is 19.4. The Hall–Kier alpha value is -4.12. The van der Waals surface area contributed by atoms with Crippen LogP contribution in [-0.2, 0) is 37.0 Å². The number of carboxylic acid groups (broad SMARTS) is 1. The van der Waals surface area contributed by atoms with E-state index in [1.165, 1.54) is 12.3 Å². The minimum absolute atomic E-state index is 0.0535.